The largest absolute Gasteiger partial charge is 0.503 e. The summed E-state index contributed by atoms with van der Waals surface area (Å²) in [4.78, 5) is 28.3. The van der Waals surface area contributed by atoms with Crippen LogP contribution in [0.1, 0.15) is 33.5 Å². The van der Waals surface area contributed by atoms with Gasteiger partial charge in [0, 0.05) is 11.1 Å². The Labute approximate surface area is 189 Å². The molecular weight excluding hydrogens is 422 g/mol. The van der Waals surface area contributed by atoms with Crippen LogP contribution in [0.2, 0.25) is 0 Å². The van der Waals surface area contributed by atoms with E-state index in [1.807, 2.05) is 26.0 Å². The van der Waals surface area contributed by atoms with Crippen LogP contribution in [-0.4, -0.2) is 23.9 Å². The van der Waals surface area contributed by atoms with Gasteiger partial charge in [0.1, 0.15) is 11.8 Å². The van der Waals surface area contributed by atoms with Crippen LogP contribution in [0, 0.1) is 13.8 Å². The molecule has 166 valence electrons. The Bertz CT molecular complexity index is 1430. The van der Waals surface area contributed by atoms with Crippen molar-refractivity contribution in [1.82, 2.24) is 0 Å². The lowest BCUT2D eigenvalue weighted by Gasteiger charge is -2.26. The Morgan fingerprint density at radius 3 is 2.61 bits per heavy atom. The second-order valence-corrected chi connectivity index (χ2v) is 7.89. The third-order valence-corrected chi connectivity index (χ3v) is 6.05. The fourth-order valence-electron chi connectivity index (χ4n) is 4.24. The number of benzene rings is 2. The predicted octanol–water partition coefficient (Wildman–Crippen LogP) is 5.43. The van der Waals surface area contributed by atoms with Crippen LogP contribution >= 0.6 is 0 Å². The standard InChI is InChI=1S/C26H21NO6/c1-14-7-4-9-17(15(14)2)27-22(18-11-6-12-32-18)21(24(29)26(27)30)23(28)20-13-16-8-5-10-19(31-3)25(16)33-20/h4-13,22,29H,1-3H3. The van der Waals surface area contributed by atoms with E-state index in [0.29, 0.717) is 28.2 Å². The van der Waals surface area contributed by atoms with Crippen molar-refractivity contribution in [2.75, 3.05) is 12.0 Å². The molecule has 2 aromatic carbocycles. The Hall–Kier alpha value is -4.26. The number of rotatable bonds is 5. The number of Topliss-reactive ketones (excluding diaryl/α,β-unsaturated/α-hetero) is 1. The Balaban J connectivity index is 1.67. The monoisotopic (exact) mass is 443 g/mol. The minimum absolute atomic E-state index is 0.0109. The lowest BCUT2D eigenvalue weighted by atomic mass is 9.98. The molecule has 0 saturated carbocycles. The molecule has 7 heteroatoms. The van der Waals surface area contributed by atoms with Crippen LogP contribution in [0.3, 0.4) is 0 Å². The minimum Gasteiger partial charge on any atom is -0.503 e. The Morgan fingerprint density at radius 1 is 1.09 bits per heavy atom. The highest BCUT2D eigenvalue weighted by molar-refractivity contribution is 6.20. The molecule has 4 aromatic rings. The topological polar surface area (TPSA) is 93.1 Å². The lowest BCUT2D eigenvalue weighted by molar-refractivity contribution is -0.117. The molecule has 1 aliphatic rings. The van der Waals surface area contributed by atoms with E-state index >= 15 is 0 Å². The first kappa shape index (κ1) is 20.6. The second-order valence-electron chi connectivity index (χ2n) is 7.89. The average Bonchev–Trinajstić information content (AvgIpc) is 3.54. The summed E-state index contributed by atoms with van der Waals surface area (Å²) in [5.74, 6) is -1.09. The summed E-state index contributed by atoms with van der Waals surface area (Å²) in [6.07, 6.45) is 1.46. The quantitative estimate of drug-likeness (QED) is 0.413. The van der Waals surface area contributed by atoms with Crippen molar-refractivity contribution in [2.24, 2.45) is 0 Å². The van der Waals surface area contributed by atoms with Crippen LogP contribution < -0.4 is 9.64 Å². The van der Waals surface area contributed by atoms with E-state index in [9.17, 15) is 14.7 Å². The highest BCUT2D eigenvalue weighted by Crippen LogP contribution is 2.44. The number of carbonyl (C=O) groups is 2. The maximum absolute atomic E-state index is 13.6. The third-order valence-electron chi connectivity index (χ3n) is 6.05. The summed E-state index contributed by atoms with van der Waals surface area (Å²) >= 11 is 0. The van der Waals surface area contributed by atoms with Crippen LogP contribution in [0.4, 0.5) is 5.69 Å². The molecule has 3 heterocycles. The summed E-state index contributed by atoms with van der Waals surface area (Å²) < 4.78 is 16.7. The van der Waals surface area contributed by atoms with Gasteiger partial charge in [-0.3, -0.25) is 14.5 Å². The fraction of sp³-hybridized carbons (Fsp3) is 0.154. The number of aryl methyl sites for hydroxylation is 1. The maximum Gasteiger partial charge on any atom is 0.294 e. The molecule has 2 aromatic heterocycles. The molecule has 0 radical (unpaired) electrons. The molecule has 1 aliphatic heterocycles. The smallest absolute Gasteiger partial charge is 0.294 e. The molecule has 0 fully saturated rings. The van der Waals surface area contributed by atoms with Crippen molar-refractivity contribution in [3.63, 3.8) is 0 Å². The van der Waals surface area contributed by atoms with E-state index in [4.69, 9.17) is 13.6 Å². The van der Waals surface area contributed by atoms with Gasteiger partial charge in [0.15, 0.2) is 22.9 Å². The van der Waals surface area contributed by atoms with Gasteiger partial charge in [-0.2, -0.15) is 0 Å². The van der Waals surface area contributed by atoms with Crippen LogP contribution in [0.25, 0.3) is 11.0 Å². The molecular formula is C26H21NO6. The molecule has 1 unspecified atom stereocenters. The van der Waals surface area contributed by atoms with Crippen LogP contribution in [0.5, 0.6) is 5.75 Å². The summed E-state index contributed by atoms with van der Waals surface area (Å²) in [6.45, 7) is 3.82. The highest BCUT2D eigenvalue weighted by atomic mass is 16.5. The van der Waals surface area contributed by atoms with Gasteiger partial charge in [-0.25, -0.2) is 0 Å². The second kappa shape index (κ2) is 7.70. The summed E-state index contributed by atoms with van der Waals surface area (Å²) in [5.41, 5.74) is 2.73. The first-order valence-electron chi connectivity index (χ1n) is 10.4. The minimum atomic E-state index is -0.949. The van der Waals surface area contributed by atoms with Crippen molar-refractivity contribution in [2.45, 2.75) is 19.9 Å². The SMILES string of the molecule is COc1cccc2cc(C(=O)C3=C(O)C(=O)N(c4cccc(C)c4C)C3c3ccco3)oc12. The number of nitrogens with zero attached hydrogens (tertiary/aromatic N) is 1. The fourth-order valence-corrected chi connectivity index (χ4v) is 4.24. The first-order valence-corrected chi connectivity index (χ1v) is 10.4. The summed E-state index contributed by atoms with van der Waals surface area (Å²) in [5, 5.41) is 11.6. The van der Waals surface area contributed by atoms with E-state index in [2.05, 4.69) is 0 Å². The molecule has 1 atom stereocenters. The maximum atomic E-state index is 13.6. The Kier molecular flexibility index (Phi) is 4.82. The van der Waals surface area contributed by atoms with Crippen molar-refractivity contribution in [1.29, 1.82) is 0 Å². The van der Waals surface area contributed by atoms with Crippen molar-refractivity contribution < 1.29 is 28.3 Å². The zero-order chi connectivity index (χ0) is 23.3. The summed E-state index contributed by atoms with van der Waals surface area (Å²) in [6, 6.07) is 14.8. The molecule has 0 spiro atoms. The molecule has 1 N–H and O–H groups in total. The normalized spacial score (nSPS) is 16.2. The van der Waals surface area contributed by atoms with E-state index < -0.39 is 23.5 Å². The molecule has 0 saturated heterocycles. The number of para-hydroxylation sites is 1. The van der Waals surface area contributed by atoms with E-state index in [-0.39, 0.29) is 11.3 Å². The Morgan fingerprint density at radius 2 is 1.88 bits per heavy atom. The number of anilines is 1. The average molecular weight is 443 g/mol. The van der Waals surface area contributed by atoms with Crippen LogP contribution in [-0.2, 0) is 4.79 Å². The van der Waals surface area contributed by atoms with Gasteiger partial charge in [-0.05, 0) is 55.3 Å². The molecule has 7 nitrogen and oxygen atoms in total. The molecule has 0 aliphatic carbocycles. The number of carbonyl (C=O) groups excluding carboxylic acids is 2. The molecule has 33 heavy (non-hydrogen) atoms. The lowest BCUT2D eigenvalue weighted by Crippen LogP contribution is -2.31. The number of aliphatic hydroxyl groups is 1. The highest BCUT2D eigenvalue weighted by Gasteiger charge is 2.47. The van der Waals surface area contributed by atoms with Crippen molar-refractivity contribution in [3.05, 3.63) is 94.8 Å². The van der Waals surface area contributed by atoms with Gasteiger partial charge < -0.3 is 18.7 Å². The summed E-state index contributed by atoms with van der Waals surface area (Å²) in [7, 11) is 1.51. The van der Waals surface area contributed by atoms with Crippen LogP contribution in [0.15, 0.2) is 81.0 Å². The van der Waals surface area contributed by atoms with Gasteiger partial charge in [0.25, 0.3) is 5.91 Å². The van der Waals surface area contributed by atoms with Crippen molar-refractivity contribution >= 4 is 28.3 Å². The van der Waals surface area contributed by atoms with E-state index in [1.165, 1.54) is 18.3 Å². The number of aliphatic hydroxyl groups excluding tert-OH is 1. The molecule has 0 bridgehead atoms. The molecule has 5 rings (SSSR count). The number of amides is 1. The molecule has 1 amide bonds. The number of hydrogen-bond acceptors (Lipinski definition) is 6. The van der Waals surface area contributed by atoms with E-state index in [1.54, 1.807) is 42.5 Å². The zero-order valence-corrected chi connectivity index (χ0v) is 18.3. The number of methoxy groups -OCH3 is 1. The number of ketones is 1. The number of furan rings is 2. The predicted molar refractivity (Wildman–Crippen MR) is 122 cm³/mol. The number of hydrogen-bond donors (Lipinski definition) is 1. The number of ether oxygens (including phenoxy) is 1. The van der Waals surface area contributed by atoms with Gasteiger partial charge in [-0.1, -0.05) is 24.3 Å². The van der Waals surface area contributed by atoms with Crippen molar-refractivity contribution in [3.8, 4) is 5.75 Å². The number of fused-ring (bicyclic) bond motifs is 1. The zero-order valence-electron chi connectivity index (χ0n) is 18.3. The van der Waals surface area contributed by atoms with Gasteiger partial charge in [0.2, 0.25) is 5.78 Å². The van der Waals surface area contributed by atoms with E-state index in [0.717, 1.165) is 11.1 Å². The van der Waals surface area contributed by atoms with Gasteiger partial charge >= 0.3 is 0 Å². The third kappa shape index (κ3) is 3.12. The van der Waals surface area contributed by atoms with Gasteiger partial charge in [-0.15, -0.1) is 0 Å². The first-order chi connectivity index (χ1) is 15.9. The van der Waals surface area contributed by atoms with Gasteiger partial charge in [0.05, 0.1) is 18.9 Å².